The van der Waals surface area contributed by atoms with Crippen LogP contribution in [0, 0.1) is 0 Å². The summed E-state index contributed by atoms with van der Waals surface area (Å²) in [5, 5.41) is 0. The van der Waals surface area contributed by atoms with Crippen LogP contribution >= 0.6 is 0 Å². The summed E-state index contributed by atoms with van der Waals surface area (Å²) in [7, 11) is 0. The van der Waals surface area contributed by atoms with Gasteiger partial charge in [0.05, 0.1) is 24.1 Å². The number of nitrogens with zero attached hydrogens (tertiary/aromatic N) is 2. The molecule has 0 spiro atoms. The monoisotopic (exact) mass is 255 g/mol. The number of benzene rings is 1. The zero-order chi connectivity index (χ0) is 13.2. The van der Waals surface area contributed by atoms with E-state index in [4.69, 9.17) is 10.5 Å². The van der Waals surface area contributed by atoms with Crippen molar-refractivity contribution in [2.45, 2.75) is 0 Å². The fourth-order valence-electron chi connectivity index (χ4n) is 2.05. The minimum Gasteiger partial charge on any atom is -0.490 e. The summed E-state index contributed by atoms with van der Waals surface area (Å²) in [6.45, 7) is 1.000. The van der Waals surface area contributed by atoms with Crippen LogP contribution in [0.3, 0.4) is 0 Å². The molecule has 3 rings (SSSR count). The number of hydrogen-bond acceptors (Lipinski definition) is 4. The molecular weight excluding hydrogens is 242 g/mol. The van der Waals surface area contributed by atoms with E-state index in [1.54, 1.807) is 17.0 Å². The zero-order valence-corrected chi connectivity index (χ0v) is 10.2. The average Bonchev–Trinajstić information content (AvgIpc) is 2.47. The van der Waals surface area contributed by atoms with Gasteiger partial charge in [0.1, 0.15) is 18.1 Å². The summed E-state index contributed by atoms with van der Waals surface area (Å²) < 4.78 is 5.52. The third-order valence-electron chi connectivity index (χ3n) is 2.98. The molecule has 0 bridgehead atoms. The molecule has 2 aromatic rings. The molecule has 0 saturated heterocycles. The number of anilines is 2. The predicted molar refractivity (Wildman–Crippen MR) is 72.3 cm³/mol. The summed E-state index contributed by atoms with van der Waals surface area (Å²) in [6, 6.07) is 10.8. The van der Waals surface area contributed by atoms with E-state index in [9.17, 15) is 4.79 Å². The maximum atomic E-state index is 12.4. The molecule has 5 nitrogen and oxygen atoms in total. The number of carbonyl (C=O) groups is 1. The van der Waals surface area contributed by atoms with Gasteiger partial charge in [-0.2, -0.15) is 0 Å². The third kappa shape index (κ3) is 2.10. The van der Waals surface area contributed by atoms with Gasteiger partial charge in [-0.15, -0.1) is 0 Å². The highest BCUT2D eigenvalue weighted by atomic mass is 16.5. The number of fused-ring (bicyclic) bond motifs is 1. The van der Waals surface area contributed by atoms with E-state index in [2.05, 4.69) is 4.98 Å². The van der Waals surface area contributed by atoms with E-state index in [-0.39, 0.29) is 5.91 Å². The second kappa shape index (κ2) is 4.61. The van der Waals surface area contributed by atoms with Crippen LogP contribution in [0.2, 0.25) is 0 Å². The number of pyridine rings is 1. The Hall–Kier alpha value is -2.56. The molecule has 96 valence electrons. The van der Waals surface area contributed by atoms with Gasteiger partial charge in [-0.05, 0) is 24.3 Å². The molecule has 19 heavy (non-hydrogen) atoms. The fourth-order valence-corrected chi connectivity index (χ4v) is 2.05. The van der Waals surface area contributed by atoms with Crippen LogP contribution in [0.15, 0.2) is 42.6 Å². The Balaban J connectivity index is 1.95. The van der Waals surface area contributed by atoms with Crippen LogP contribution in [0.5, 0.6) is 5.75 Å². The molecule has 0 saturated carbocycles. The van der Waals surface area contributed by atoms with E-state index in [0.29, 0.717) is 24.5 Å². The van der Waals surface area contributed by atoms with Crippen LogP contribution in [0.25, 0.3) is 0 Å². The largest absolute Gasteiger partial charge is 0.490 e. The van der Waals surface area contributed by atoms with Crippen molar-refractivity contribution in [2.75, 3.05) is 23.8 Å². The minimum absolute atomic E-state index is 0.143. The molecule has 1 aliphatic rings. The lowest BCUT2D eigenvalue weighted by atomic mass is 10.2. The quantitative estimate of drug-likeness (QED) is 0.842. The highest BCUT2D eigenvalue weighted by Gasteiger charge is 2.24. The van der Waals surface area contributed by atoms with Gasteiger partial charge < -0.3 is 15.4 Å². The smallest absolute Gasteiger partial charge is 0.277 e. The Kier molecular flexibility index (Phi) is 2.79. The number of nitrogens with two attached hydrogens (primary N) is 1. The van der Waals surface area contributed by atoms with Gasteiger partial charge >= 0.3 is 0 Å². The van der Waals surface area contributed by atoms with Crippen LogP contribution in [-0.2, 0) is 0 Å². The van der Waals surface area contributed by atoms with Gasteiger partial charge in [-0.1, -0.05) is 12.1 Å². The first-order chi connectivity index (χ1) is 9.25. The molecule has 1 aromatic carbocycles. The SMILES string of the molecule is Nc1ccc(C(=O)N2CCOc3ccccc32)nc1. The Bertz CT molecular complexity index is 610. The second-order valence-corrected chi connectivity index (χ2v) is 4.25. The minimum atomic E-state index is -0.143. The summed E-state index contributed by atoms with van der Waals surface area (Å²) in [5.74, 6) is 0.577. The van der Waals surface area contributed by atoms with Crippen molar-refractivity contribution in [3.05, 3.63) is 48.3 Å². The molecule has 0 unspecified atom stereocenters. The van der Waals surface area contributed by atoms with Crippen molar-refractivity contribution >= 4 is 17.3 Å². The summed E-state index contributed by atoms with van der Waals surface area (Å²) >= 11 is 0. The first-order valence-electron chi connectivity index (χ1n) is 6.01. The van der Waals surface area contributed by atoms with E-state index in [0.717, 1.165) is 11.4 Å². The van der Waals surface area contributed by atoms with Crippen LogP contribution in [0.4, 0.5) is 11.4 Å². The van der Waals surface area contributed by atoms with Crippen molar-refractivity contribution in [3.8, 4) is 5.75 Å². The Labute approximate surface area is 110 Å². The lowest BCUT2D eigenvalue weighted by Crippen LogP contribution is -2.38. The van der Waals surface area contributed by atoms with Gasteiger partial charge in [0.15, 0.2) is 0 Å². The number of rotatable bonds is 1. The van der Waals surface area contributed by atoms with E-state index in [1.807, 2.05) is 24.3 Å². The summed E-state index contributed by atoms with van der Waals surface area (Å²) in [5.41, 5.74) is 7.27. The summed E-state index contributed by atoms with van der Waals surface area (Å²) in [4.78, 5) is 18.2. The second-order valence-electron chi connectivity index (χ2n) is 4.25. The number of hydrogen-bond donors (Lipinski definition) is 1. The molecule has 0 radical (unpaired) electrons. The Morgan fingerprint density at radius 2 is 2.11 bits per heavy atom. The number of para-hydroxylation sites is 2. The van der Waals surface area contributed by atoms with Crippen molar-refractivity contribution in [1.82, 2.24) is 4.98 Å². The first-order valence-corrected chi connectivity index (χ1v) is 6.01. The zero-order valence-electron chi connectivity index (χ0n) is 10.2. The van der Waals surface area contributed by atoms with Crippen LogP contribution in [0.1, 0.15) is 10.5 Å². The first kappa shape index (κ1) is 11.5. The Morgan fingerprint density at radius 3 is 2.89 bits per heavy atom. The van der Waals surface area contributed by atoms with Crippen LogP contribution < -0.4 is 15.4 Å². The molecule has 2 heterocycles. The normalized spacial score (nSPS) is 13.6. The number of ether oxygens (including phenoxy) is 1. The van der Waals surface area contributed by atoms with Gasteiger partial charge in [0.25, 0.3) is 5.91 Å². The van der Waals surface area contributed by atoms with Gasteiger partial charge in [0.2, 0.25) is 0 Å². The molecule has 1 amide bonds. The van der Waals surface area contributed by atoms with Crippen molar-refractivity contribution < 1.29 is 9.53 Å². The molecule has 1 aliphatic heterocycles. The number of aromatic nitrogens is 1. The third-order valence-corrected chi connectivity index (χ3v) is 2.98. The summed E-state index contributed by atoms with van der Waals surface area (Å²) in [6.07, 6.45) is 1.49. The lowest BCUT2D eigenvalue weighted by Gasteiger charge is -2.29. The number of amides is 1. The number of carbonyl (C=O) groups excluding carboxylic acids is 1. The van der Waals surface area contributed by atoms with Crippen molar-refractivity contribution in [1.29, 1.82) is 0 Å². The average molecular weight is 255 g/mol. The maximum absolute atomic E-state index is 12.4. The maximum Gasteiger partial charge on any atom is 0.277 e. The molecule has 0 aliphatic carbocycles. The predicted octanol–water partition coefficient (Wildman–Crippen LogP) is 1.70. The molecular formula is C14H13N3O2. The highest BCUT2D eigenvalue weighted by molar-refractivity contribution is 6.05. The standard InChI is InChI=1S/C14H13N3O2/c15-10-5-6-11(16-9-10)14(18)17-7-8-19-13-4-2-1-3-12(13)17/h1-6,9H,7-8,15H2. The highest BCUT2D eigenvalue weighted by Crippen LogP contribution is 2.31. The van der Waals surface area contributed by atoms with E-state index in [1.165, 1.54) is 6.20 Å². The topological polar surface area (TPSA) is 68.5 Å². The van der Waals surface area contributed by atoms with Crippen LogP contribution in [-0.4, -0.2) is 24.0 Å². The van der Waals surface area contributed by atoms with E-state index < -0.39 is 0 Å². The van der Waals surface area contributed by atoms with Gasteiger partial charge in [-0.3, -0.25) is 4.79 Å². The van der Waals surface area contributed by atoms with Crippen molar-refractivity contribution in [2.24, 2.45) is 0 Å². The molecule has 0 fully saturated rings. The number of nitrogen functional groups attached to an aromatic ring is 1. The lowest BCUT2D eigenvalue weighted by molar-refractivity contribution is 0.0972. The fraction of sp³-hybridized carbons (Fsp3) is 0.143. The molecule has 0 atom stereocenters. The molecule has 5 heteroatoms. The van der Waals surface area contributed by atoms with Gasteiger partial charge in [-0.25, -0.2) is 4.98 Å². The van der Waals surface area contributed by atoms with Crippen molar-refractivity contribution in [3.63, 3.8) is 0 Å². The van der Waals surface area contributed by atoms with E-state index >= 15 is 0 Å². The molecule has 1 aromatic heterocycles. The Morgan fingerprint density at radius 1 is 1.26 bits per heavy atom. The van der Waals surface area contributed by atoms with Gasteiger partial charge in [0, 0.05) is 0 Å². The molecule has 2 N–H and O–H groups in total.